The highest BCUT2D eigenvalue weighted by molar-refractivity contribution is 6.35. The van der Waals surface area contributed by atoms with E-state index in [-0.39, 0.29) is 5.92 Å². The average Bonchev–Trinajstić information content (AvgIpc) is 2.38. The summed E-state index contributed by atoms with van der Waals surface area (Å²) in [6.45, 7) is 0.693. The molecule has 0 amide bonds. The number of benzene rings is 1. The lowest BCUT2D eigenvalue weighted by molar-refractivity contribution is -0.142. The van der Waals surface area contributed by atoms with Crippen LogP contribution in [0.5, 0.6) is 0 Å². The molecule has 1 saturated carbocycles. The van der Waals surface area contributed by atoms with Crippen molar-refractivity contribution < 1.29 is 9.90 Å². The highest BCUT2D eigenvalue weighted by atomic mass is 35.5. The van der Waals surface area contributed by atoms with Gasteiger partial charge in [0.2, 0.25) is 0 Å². The summed E-state index contributed by atoms with van der Waals surface area (Å²) in [7, 11) is 0. The Kier molecular flexibility index (Phi) is 5.08. The summed E-state index contributed by atoms with van der Waals surface area (Å²) in [5, 5.41) is 13.7. The number of nitrogens with one attached hydrogen (secondary N) is 1. The maximum atomic E-state index is 10.9. The predicted molar refractivity (Wildman–Crippen MR) is 76.7 cm³/mol. The van der Waals surface area contributed by atoms with Gasteiger partial charge in [-0.05, 0) is 43.4 Å². The molecule has 2 rings (SSSR count). The number of halogens is 2. The van der Waals surface area contributed by atoms with Crippen molar-refractivity contribution in [1.82, 2.24) is 5.32 Å². The van der Waals surface area contributed by atoms with Gasteiger partial charge in [0.15, 0.2) is 0 Å². The van der Waals surface area contributed by atoms with Crippen LogP contribution in [0, 0.1) is 5.92 Å². The molecule has 1 fully saturated rings. The molecule has 0 aromatic heterocycles. The van der Waals surface area contributed by atoms with Crippen LogP contribution >= 0.6 is 23.2 Å². The molecule has 19 heavy (non-hydrogen) atoms. The highest BCUT2D eigenvalue weighted by Gasteiger charge is 2.25. The summed E-state index contributed by atoms with van der Waals surface area (Å²) in [6, 6.07) is 5.86. The maximum absolute atomic E-state index is 10.9. The summed E-state index contributed by atoms with van der Waals surface area (Å²) < 4.78 is 0. The molecule has 2 N–H and O–H groups in total. The van der Waals surface area contributed by atoms with Crippen LogP contribution in [0.3, 0.4) is 0 Å². The van der Waals surface area contributed by atoms with Crippen molar-refractivity contribution in [2.24, 2.45) is 5.92 Å². The quantitative estimate of drug-likeness (QED) is 0.891. The van der Waals surface area contributed by atoms with Crippen LogP contribution in [0.4, 0.5) is 0 Å². The minimum absolute atomic E-state index is 0.169. The second kappa shape index (κ2) is 6.60. The lowest BCUT2D eigenvalue weighted by atomic mass is 9.86. The van der Waals surface area contributed by atoms with Gasteiger partial charge in [-0.25, -0.2) is 0 Å². The first-order chi connectivity index (χ1) is 9.06. The molecule has 0 bridgehead atoms. The lowest BCUT2D eigenvalue weighted by Crippen LogP contribution is -2.34. The van der Waals surface area contributed by atoms with Gasteiger partial charge in [-0.2, -0.15) is 0 Å². The van der Waals surface area contributed by atoms with Crippen LogP contribution in [0.15, 0.2) is 18.2 Å². The molecule has 1 aromatic rings. The minimum Gasteiger partial charge on any atom is -0.481 e. The molecule has 0 saturated heterocycles. The van der Waals surface area contributed by atoms with Gasteiger partial charge < -0.3 is 10.4 Å². The number of hydrogen-bond acceptors (Lipinski definition) is 2. The van der Waals surface area contributed by atoms with Crippen molar-refractivity contribution in [3.63, 3.8) is 0 Å². The normalized spacial score (nSPS) is 23.3. The Balaban J connectivity index is 1.82. The maximum Gasteiger partial charge on any atom is 0.306 e. The molecule has 0 radical (unpaired) electrons. The second-order valence-electron chi connectivity index (χ2n) is 5.00. The van der Waals surface area contributed by atoms with Crippen molar-refractivity contribution in [2.45, 2.75) is 38.3 Å². The Morgan fingerprint density at radius 2 is 1.95 bits per heavy atom. The van der Waals surface area contributed by atoms with Crippen molar-refractivity contribution in [2.75, 3.05) is 0 Å². The highest BCUT2D eigenvalue weighted by Crippen LogP contribution is 2.25. The van der Waals surface area contributed by atoms with E-state index < -0.39 is 5.97 Å². The van der Waals surface area contributed by atoms with Gasteiger partial charge in [-0.1, -0.05) is 29.3 Å². The Morgan fingerprint density at radius 1 is 1.26 bits per heavy atom. The SMILES string of the molecule is O=C(O)C1CCC(NCc2ccc(Cl)cc2Cl)CC1. The first-order valence-electron chi connectivity index (χ1n) is 6.46. The number of carboxylic acid groups (broad SMARTS) is 1. The van der Waals surface area contributed by atoms with E-state index in [1.54, 1.807) is 6.07 Å². The average molecular weight is 302 g/mol. The molecule has 0 unspecified atom stereocenters. The molecule has 104 valence electrons. The molecular formula is C14H17Cl2NO2. The van der Waals surface area contributed by atoms with Crippen molar-refractivity contribution in [3.8, 4) is 0 Å². The Morgan fingerprint density at radius 3 is 2.53 bits per heavy atom. The fourth-order valence-electron chi connectivity index (χ4n) is 2.46. The Bertz CT molecular complexity index is 457. The Labute approximate surface area is 122 Å². The molecule has 0 spiro atoms. The van der Waals surface area contributed by atoms with Gasteiger partial charge in [-0.3, -0.25) is 4.79 Å². The third-order valence-electron chi connectivity index (χ3n) is 3.67. The van der Waals surface area contributed by atoms with E-state index in [2.05, 4.69) is 5.32 Å². The van der Waals surface area contributed by atoms with E-state index in [1.165, 1.54) is 0 Å². The fraction of sp³-hybridized carbons (Fsp3) is 0.500. The number of aliphatic carboxylic acids is 1. The van der Waals surface area contributed by atoms with Crippen LogP contribution in [-0.2, 0) is 11.3 Å². The van der Waals surface area contributed by atoms with E-state index in [0.717, 1.165) is 31.2 Å². The molecule has 1 aliphatic rings. The fourth-order valence-corrected chi connectivity index (χ4v) is 2.94. The van der Waals surface area contributed by atoms with Gasteiger partial charge >= 0.3 is 5.97 Å². The largest absolute Gasteiger partial charge is 0.481 e. The summed E-state index contributed by atoms with van der Waals surface area (Å²) >= 11 is 12.0. The molecule has 1 aliphatic carbocycles. The van der Waals surface area contributed by atoms with Gasteiger partial charge in [0.05, 0.1) is 5.92 Å². The van der Waals surface area contributed by atoms with E-state index in [1.807, 2.05) is 12.1 Å². The zero-order valence-corrected chi connectivity index (χ0v) is 12.0. The molecule has 0 aliphatic heterocycles. The van der Waals surface area contributed by atoms with Crippen molar-refractivity contribution >= 4 is 29.2 Å². The third-order valence-corrected chi connectivity index (χ3v) is 4.26. The Hall–Kier alpha value is -0.770. The monoisotopic (exact) mass is 301 g/mol. The number of carbonyl (C=O) groups is 1. The number of rotatable bonds is 4. The topological polar surface area (TPSA) is 49.3 Å². The van der Waals surface area contributed by atoms with Crippen molar-refractivity contribution in [3.05, 3.63) is 33.8 Å². The first-order valence-corrected chi connectivity index (χ1v) is 7.22. The smallest absolute Gasteiger partial charge is 0.306 e. The number of carboxylic acids is 1. The summed E-state index contributed by atoms with van der Waals surface area (Å²) in [4.78, 5) is 10.9. The molecule has 3 nitrogen and oxygen atoms in total. The van der Waals surface area contributed by atoms with Gasteiger partial charge in [0.1, 0.15) is 0 Å². The molecule has 5 heteroatoms. The zero-order chi connectivity index (χ0) is 13.8. The van der Waals surface area contributed by atoms with Gasteiger partial charge in [-0.15, -0.1) is 0 Å². The van der Waals surface area contributed by atoms with E-state index in [0.29, 0.717) is 22.6 Å². The summed E-state index contributed by atoms with van der Waals surface area (Å²) in [5.41, 5.74) is 1.02. The van der Waals surface area contributed by atoms with Crippen LogP contribution < -0.4 is 5.32 Å². The molecule has 0 heterocycles. The van der Waals surface area contributed by atoms with Crippen LogP contribution in [0.25, 0.3) is 0 Å². The first kappa shape index (κ1) is 14.6. The second-order valence-corrected chi connectivity index (χ2v) is 5.85. The number of hydrogen-bond donors (Lipinski definition) is 2. The van der Waals surface area contributed by atoms with E-state index in [9.17, 15) is 4.79 Å². The third kappa shape index (κ3) is 4.10. The van der Waals surface area contributed by atoms with Gasteiger partial charge in [0, 0.05) is 22.6 Å². The standard InChI is InChI=1S/C14H17Cl2NO2/c15-11-4-1-10(13(16)7-11)8-17-12-5-2-9(3-6-12)14(18)19/h1,4,7,9,12,17H,2-3,5-6,8H2,(H,18,19). The van der Waals surface area contributed by atoms with E-state index >= 15 is 0 Å². The molecular weight excluding hydrogens is 285 g/mol. The zero-order valence-electron chi connectivity index (χ0n) is 10.5. The lowest BCUT2D eigenvalue weighted by Gasteiger charge is -2.27. The predicted octanol–water partition coefficient (Wildman–Crippen LogP) is 3.73. The summed E-state index contributed by atoms with van der Waals surface area (Å²) in [5.74, 6) is -0.837. The van der Waals surface area contributed by atoms with Crippen LogP contribution in [0.1, 0.15) is 31.2 Å². The summed E-state index contributed by atoms with van der Waals surface area (Å²) in [6.07, 6.45) is 3.31. The molecule has 0 atom stereocenters. The van der Waals surface area contributed by atoms with Crippen molar-refractivity contribution in [1.29, 1.82) is 0 Å². The van der Waals surface area contributed by atoms with E-state index in [4.69, 9.17) is 28.3 Å². The van der Waals surface area contributed by atoms with Crippen LogP contribution in [0.2, 0.25) is 10.0 Å². The van der Waals surface area contributed by atoms with Gasteiger partial charge in [0.25, 0.3) is 0 Å². The van der Waals surface area contributed by atoms with Crippen LogP contribution in [-0.4, -0.2) is 17.1 Å². The minimum atomic E-state index is -0.667. The molecule has 1 aromatic carbocycles.